The normalized spacial score (nSPS) is 9.54. The van der Waals surface area contributed by atoms with Crippen LogP contribution in [0.1, 0.15) is 16.1 Å². The van der Waals surface area contributed by atoms with Gasteiger partial charge in [-0.1, -0.05) is 0 Å². The summed E-state index contributed by atoms with van der Waals surface area (Å²) in [7, 11) is 0. The molecule has 68 valence electrons. The van der Waals surface area contributed by atoms with Crippen molar-refractivity contribution in [3.8, 4) is 0 Å². The Kier molecular flexibility index (Phi) is 2.53. The molecule has 6 heteroatoms. The topological polar surface area (TPSA) is 100 Å². The van der Waals surface area contributed by atoms with Crippen molar-refractivity contribution in [2.75, 3.05) is 0 Å². The standard InChI is InChI=1S/C7H6N2O4/c10-6(11)1-5-4(7(12)13)2-8-3-9-5/h2-3H,1H2,(H,10,11)(H,12,13). The molecule has 0 aliphatic heterocycles. The summed E-state index contributed by atoms with van der Waals surface area (Å²) in [4.78, 5) is 27.9. The second-order valence-corrected chi connectivity index (χ2v) is 2.26. The minimum absolute atomic E-state index is 0.00926. The van der Waals surface area contributed by atoms with Crippen molar-refractivity contribution in [3.05, 3.63) is 23.8 Å². The van der Waals surface area contributed by atoms with Crippen molar-refractivity contribution < 1.29 is 19.8 Å². The maximum absolute atomic E-state index is 10.5. The maximum atomic E-state index is 10.5. The van der Waals surface area contributed by atoms with Crippen LogP contribution in [0.4, 0.5) is 0 Å². The number of aliphatic carboxylic acids is 1. The van der Waals surface area contributed by atoms with Crippen LogP contribution in [0.3, 0.4) is 0 Å². The van der Waals surface area contributed by atoms with Gasteiger partial charge in [-0.15, -0.1) is 0 Å². The average molecular weight is 182 g/mol. The summed E-state index contributed by atoms with van der Waals surface area (Å²) in [6.45, 7) is 0. The molecule has 0 unspecified atom stereocenters. The van der Waals surface area contributed by atoms with Crippen LogP contribution in [0, 0.1) is 0 Å². The molecule has 0 fully saturated rings. The van der Waals surface area contributed by atoms with E-state index in [2.05, 4.69) is 9.97 Å². The van der Waals surface area contributed by atoms with Crippen LogP contribution in [0.25, 0.3) is 0 Å². The molecule has 0 amide bonds. The van der Waals surface area contributed by atoms with Gasteiger partial charge in [0.2, 0.25) is 0 Å². The lowest BCUT2D eigenvalue weighted by Gasteiger charge is -1.99. The first-order valence-electron chi connectivity index (χ1n) is 3.35. The molecule has 0 aliphatic rings. The summed E-state index contributed by atoms with van der Waals surface area (Å²) < 4.78 is 0. The van der Waals surface area contributed by atoms with Crippen LogP contribution < -0.4 is 0 Å². The zero-order valence-corrected chi connectivity index (χ0v) is 6.47. The molecule has 0 saturated carbocycles. The predicted octanol–water partition coefficient (Wildman–Crippen LogP) is -0.198. The SMILES string of the molecule is O=C(O)Cc1ncncc1C(=O)O. The average Bonchev–Trinajstić information content (AvgIpc) is 2.03. The monoisotopic (exact) mass is 182 g/mol. The molecule has 1 aromatic heterocycles. The fourth-order valence-corrected chi connectivity index (χ4v) is 0.818. The first kappa shape index (κ1) is 9.11. The van der Waals surface area contributed by atoms with Crippen molar-refractivity contribution in [1.29, 1.82) is 0 Å². The number of carbonyl (C=O) groups is 2. The van der Waals surface area contributed by atoms with E-state index in [-0.39, 0.29) is 11.3 Å². The number of aromatic nitrogens is 2. The van der Waals surface area contributed by atoms with E-state index in [1.165, 1.54) is 0 Å². The number of nitrogens with zero attached hydrogens (tertiary/aromatic N) is 2. The maximum Gasteiger partial charge on any atom is 0.339 e. The van der Waals surface area contributed by atoms with Crippen molar-refractivity contribution in [2.24, 2.45) is 0 Å². The summed E-state index contributed by atoms with van der Waals surface area (Å²) in [6.07, 6.45) is 1.78. The van der Waals surface area contributed by atoms with Gasteiger partial charge in [-0.3, -0.25) is 4.79 Å². The van der Waals surface area contributed by atoms with E-state index < -0.39 is 18.4 Å². The Morgan fingerprint density at radius 1 is 1.38 bits per heavy atom. The van der Waals surface area contributed by atoms with Crippen LogP contribution in [0.15, 0.2) is 12.5 Å². The van der Waals surface area contributed by atoms with Gasteiger partial charge in [-0.2, -0.15) is 0 Å². The minimum Gasteiger partial charge on any atom is -0.481 e. The van der Waals surface area contributed by atoms with Crippen LogP contribution in [0.5, 0.6) is 0 Å². The van der Waals surface area contributed by atoms with Gasteiger partial charge in [0, 0.05) is 6.20 Å². The highest BCUT2D eigenvalue weighted by atomic mass is 16.4. The quantitative estimate of drug-likeness (QED) is 0.671. The second kappa shape index (κ2) is 3.61. The molecule has 2 N–H and O–H groups in total. The Morgan fingerprint density at radius 3 is 2.62 bits per heavy atom. The number of carboxylic acid groups (broad SMARTS) is 2. The fraction of sp³-hybridized carbons (Fsp3) is 0.143. The lowest BCUT2D eigenvalue weighted by atomic mass is 10.2. The van der Waals surface area contributed by atoms with Gasteiger partial charge in [0.05, 0.1) is 17.7 Å². The molecule has 0 aromatic carbocycles. The summed E-state index contributed by atoms with van der Waals surface area (Å²) in [6, 6.07) is 0. The molecule has 0 spiro atoms. The van der Waals surface area contributed by atoms with Gasteiger partial charge in [0.1, 0.15) is 6.33 Å². The lowest BCUT2D eigenvalue weighted by Crippen LogP contribution is -2.10. The van der Waals surface area contributed by atoms with Crippen molar-refractivity contribution in [2.45, 2.75) is 6.42 Å². The van der Waals surface area contributed by atoms with E-state index in [1.807, 2.05) is 0 Å². The third kappa shape index (κ3) is 2.22. The number of rotatable bonds is 3. The molecule has 13 heavy (non-hydrogen) atoms. The van der Waals surface area contributed by atoms with E-state index in [0.29, 0.717) is 0 Å². The Hall–Kier alpha value is -1.98. The van der Waals surface area contributed by atoms with Crippen molar-refractivity contribution >= 4 is 11.9 Å². The van der Waals surface area contributed by atoms with Crippen molar-refractivity contribution in [1.82, 2.24) is 9.97 Å². The number of hydrogen-bond acceptors (Lipinski definition) is 4. The van der Waals surface area contributed by atoms with Crippen LogP contribution in [-0.4, -0.2) is 32.1 Å². The Bertz CT molecular complexity index is 350. The molecule has 0 aliphatic carbocycles. The molecule has 1 aromatic rings. The van der Waals surface area contributed by atoms with E-state index in [9.17, 15) is 9.59 Å². The molecular formula is C7H6N2O4. The predicted molar refractivity (Wildman–Crippen MR) is 40.3 cm³/mol. The number of aromatic carboxylic acids is 1. The summed E-state index contributed by atoms with van der Waals surface area (Å²) >= 11 is 0. The van der Waals surface area contributed by atoms with Gasteiger partial charge < -0.3 is 10.2 Å². The van der Waals surface area contributed by atoms with Crippen LogP contribution in [-0.2, 0) is 11.2 Å². The fourth-order valence-electron chi connectivity index (χ4n) is 0.818. The van der Waals surface area contributed by atoms with Gasteiger partial charge in [0.15, 0.2) is 0 Å². The summed E-state index contributed by atoms with van der Waals surface area (Å²) in [5, 5.41) is 17.0. The van der Waals surface area contributed by atoms with E-state index in [0.717, 1.165) is 12.5 Å². The lowest BCUT2D eigenvalue weighted by molar-refractivity contribution is -0.136. The van der Waals surface area contributed by atoms with E-state index in [4.69, 9.17) is 10.2 Å². The van der Waals surface area contributed by atoms with Crippen molar-refractivity contribution in [3.63, 3.8) is 0 Å². The first-order valence-corrected chi connectivity index (χ1v) is 3.35. The van der Waals surface area contributed by atoms with E-state index >= 15 is 0 Å². The first-order chi connectivity index (χ1) is 6.11. The largest absolute Gasteiger partial charge is 0.481 e. The van der Waals surface area contributed by atoms with E-state index in [1.54, 1.807) is 0 Å². The molecule has 1 rings (SSSR count). The summed E-state index contributed by atoms with van der Waals surface area (Å²) in [5.41, 5.74) is -0.167. The van der Waals surface area contributed by atoms with Gasteiger partial charge >= 0.3 is 11.9 Å². The number of carboxylic acids is 2. The minimum atomic E-state index is -1.23. The summed E-state index contributed by atoms with van der Waals surface area (Å²) in [5.74, 6) is -2.35. The zero-order chi connectivity index (χ0) is 9.84. The molecular weight excluding hydrogens is 176 g/mol. The second-order valence-electron chi connectivity index (χ2n) is 2.26. The Morgan fingerprint density at radius 2 is 2.08 bits per heavy atom. The Labute approximate surface area is 72.9 Å². The molecule has 0 bridgehead atoms. The number of hydrogen-bond donors (Lipinski definition) is 2. The van der Waals surface area contributed by atoms with Gasteiger partial charge in [-0.25, -0.2) is 14.8 Å². The molecule has 1 heterocycles. The molecule has 0 saturated heterocycles. The van der Waals surface area contributed by atoms with Crippen LogP contribution >= 0.6 is 0 Å². The van der Waals surface area contributed by atoms with Crippen LogP contribution in [0.2, 0.25) is 0 Å². The third-order valence-electron chi connectivity index (χ3n) is 1.34. The molecule has 6 nitrogen and oxygen atoms in total. The zero-order valence-electron chi connectivity index (χ0n) is 6.47. The highest BCUT2D eigenvalue weighted by Crippen LogP contribution is 2.03. The molecule has 0 radical (unpaired) electrons. The highest BCUT2D eigenvalue weighted by Gasteiger charge is 2.13. The highest BCUT2D eigenvalue weighted by molar-refractivity contribution is 5.89. The van der Waals surface area contributed by atoms with Gasteiger partial charge in [0.25, 0.3) is 0 Å². The Balaban J connectivity index is 3.04. The van der Waals surface area contributed by atoms with Gasteiger partial charge in [-0.05, 0) is 0 Å². The third-order valence-corrected chi connectivity index (χ3v) is 1.34. The molecule has 0 atom stereocenters. The smallest absolute Gasteiger partial charge is 0.339 e.